The number of hydrogen-bond donors (Lipinski definition) is 7. The fourth-order valence-corrected chi connectivity index (χ4v) is 3.97. The van der Waals surface area contributed by atoms with Gasteiger partial charge in [0.1, 0.15) is 18.1 Å². The first-order chi connectivity index (χ1) is 18.6. The fraction of sp³-hybridized carbons (Fsp3) is 0.429. The largest absolute Gasteiger partial charge is 0.480 e. The minimum Gasteiger partial charge on any atom is -0.480 e. The van der Waals surface area contributed by atoms with Gasteiger partial charge in [-0.3, -0.25) is 14.4 Å². The van der Waals surface area contributed by atoms with Crippen molar-refractivity contribution in [2.24, 2.45) is 11.5 Å². The SMILES string of the molecule is CC(O)C(NC(=O)C(N)Cc1ccccc1)C(=O)NC(Cc1ccccc1)C(=O)NC(CCCCN)C(=O)O. The number of benzene rings is 2. The Morgan fingerprint density at radius 3 is 1.82 bits per heavy atom. The van der Waals surface area contributed by atoms with Gasteiger partial charge in [-0.05, 0) is 50.3 Å². The van der Waals surface area contributed by atoms with Crippen LogP contribution in [0.2, 0.25) is 0 Å². The average Bonchev–Trinajstić information content (AvgIpc) is 2.91. The van der Waals surface area contributed by atoms with Crippen LogP contribution in [0.25, 0.3) is 0 Å². The lowest BCUT2D eigenvalue weighted by Gasteiger charge is -2.26. The Morgan fingerprint density at radius 1 is 0.769 bits per heavy atom. The normalized spacial score (nSPS) is 14.8. The fourth-order valence-electron chi connectivity index (χ4n) is 3.97. The molecular weight excluding hydrogens is 502 g/mol. The molecule has 2 aromatic rings. The van der Waals surface area contributed by atoms with E-state index in [0.717, 1.165) is 11.1 Å². The number of nitrogens with two attached hydrogens (primary N) is 2. The number of carbonyl (C=O) groups excluding carboxylic acids is 3. The first-order valence-electron chi connectivity index (χ1n) is 13.0. The summed E-state index contributed by atoms with van der Waals surface area (Å²) in [5.74, 6) is -3.36. The summed E-state index contributed by atoms with van der Waals surface area (Å²) < 4.78 is 0. The van der Waals surface area contributed by atoms with Crippen molar-refractivity contribution in [3.8, 4) is 0 Å². The van der Waals surface area contributed by atoms with Crippen molar-refractivity contribution in [1.29, 1.82) is 0 Å². The van der Waals surface area contributed by atoms with E-state index >= 15 is 0 Å². The molecule has 212 valence electrons. The summed E-state index contributed by atoms with van der Waals surface area (Å²) in [6.07, 6.45) is 0.258. The third-order valence-corrected chi connectivity index (χ3v) is 6.17. The molecule has 0 radical (unpaired) electrons. The predicted octanol–water partition coefficient (Wildman–Crippen LogP) is -0.152. The summed E-state index contributed by atoms with van der Waals surface area (Å²) in [7, 11) is 0. The Balaban J connectivity index is 2.15. The van der Waals surface area contributed by atoms with Crippen molar-refractivity contribution >= 4 is 23.7 Å². The van der Waals surface area contributed by atoms with Crippen molar-refractivity contribution in [3.05, 3.63) is 71.8 Å². The van der Waals surface area contributed by atoms with Gasteiger partial charge < -0.3 is 37.6 Å². The molecule has 5 unspecified atom stereocenters. The highest BCUT2D eigenvalue weighted by molar-refractivity contribution is 5.94. The lowest BCUT2D eigenvalue weighted by atomic mass is 10.0. The van der Waals surface area contributed by atoms with Crippen molar-refractivity contribution in [1.82, 2.24) is 16.0 Å². The van der Waals surface area contributed by atoms with Gasteiger partial charge in [-0.25, -0.2) is 4.79 Å². The summed E-state index contributed by atoms with van der Waals surface area (Å²) in [4.78, 5) is 50.8. The average molecular weight is 542 g/mol. The van der Waals surface area contributed by atoms with Gasteiger partial charge >= 0.3 is 5.97 Å². The molecule has 0 aliphatic rings. The van der Waals surface area contributed by atoms with Crippen LogP contribution in [0.4, 0.5) is 0 Å². The standard InChI is InChI=1S/C28H39N5O6/c1-18(34)24(33-25(35)21(30)16-19-10-4-2-5-11-19)27(37)32-23(17-20-12-6-3-7-13-20)26(36)31-22(28(38)39)14-8-9-15-29/h2-7,10-13,18,21-24,34H,8-9,14-17,29-30H2,1H3,(H,31,36)(H,32,37)(H,33,35)(H,38,39). The quantitative estimate of drug-likeness (QED) is 0.142. The molecule has 11 nitrogen and oxygen atoms in total. The van der Waals surface area contributed by atoms with Gasteiger partial charge in [0.05, 0.1) is 12.1 Å². The third-order valence-electron chi connectivity index (χ3n) is 6.17. The maximum absolute atomic E-state index is 13.2. The molecule has 3 amide bonds. The van der Waals surface area contributed by atoms with Gasteiger partial charge in [-0.15, -0.1) is 0 Å². The first kappa shape index (κ1) is 31.4. The molecule has 0 saturated heterocycles. The molecule has 2 rings (SSSR count). The van der Waals surface area contributed by atoms with E-state index in [1.807, 2.05) is 30.3 Å². The number of carboxylic acid groups (broad SMARTS) is 1. The van der Waals surface area contributed by atoms with Crippen LogP contribution in [-0.4, -0.2) is 70.7 Å². The lowest BCUT2D eigenvalue weighted by molar-refractivity contribution is -0.142. The number of aliphatic hydroxyl groups excluding tert-OH is 1. The van der Waals surface area contributed by atoms with Crippen LogP contribution >= 0.6 is 0 Å². The molecule has 39 heavy (non-hydrogen) atoms. The van der Waals surface area contributed by atoms with Crippen LogP contribution in [0.15, 0.2) is 60.7 Å². The minimum absolute atomic E-state index is 0.0571. The maximum Gasteiger partial charge on any atom is 0.326 e. The lowest BCUT2D eigenvalue weighted by Crippen LogP contribution is -2.60. The van der Waals surface area contributed by atoms with Crippen molar-refractivity contribution < 1.29 is 29.4 Å². The summed E-state index contributed by atoms with van der Waals surface area (Å²) in [5, 5.41) is 27.4. The molecule has 0 heterocycles. The zero-order valence-electron chi connectivity index (χ0n) is 22.1. The number of rotatable bonds is 16. The van der Waals surface area contributed by atoms with Crippen molar-refractivity contribution in [2.45, 2.75) is 69.3 Å². The molecular formula is C28H39N5O6. The van der Waals surface area contributed by atoms with E-state index in [2.05, 4.69) is 16.0 Å². The summed E-state index contributed by atoms with van der Waals surface area (Å²) in [6, 6.07) is 13.3. The van der Waals surface area contributed by atoms with Gasteiger partial charge in [0.2, 0.25) is 17.7 Å². The number of nitrogens with one attached hydrogen (secondary N) is 3. The molecule has 0 aliphatic carbocycles. The number of carbonyl (C=O) groups is 4. The molecule has 0 aliphatic heterocycles. The van der Waals surface area contributed by atoms with Crippen LogP contribution < -0.4 is 27.4 Å². The van der Waals surface area contributed by atoms with E-state index < -0.39 is 54.0 Å². The first-order valence-corrected chi connectivity index (χ1v) is 13.0. The molecule has 0 spiro atoms. The Hall–Kier alpha value is -3.80. The smallest absolute Gasteiger partial charge is 0.326 e. The van der Waals surface area contributed by atoms with Gasteiger partial charge in [-0.2, -0.15) is 0 Å². The monoisotopic (exact) mass is 541 g/mol. The summed E-state index contributed by atoms with van der Waals surface area (Å²) >= 11 is 0. The molecule has 0 bridgehead atoms. The molecule has 11 heteroatoms. The molecule has 0 aromatic heterocycles. The molecule has 5 atom stereocenters. The number of unbranched alkanes of at least 4 members (excludes halogenated alkanes) is 1. The second-order valence-electron chi connectivity index (χ2n) is 9.46. The minimum atomic E-state index is -1.40. The molecule has 9 N–H and O–H groups in total. The second-order valence-corrected chi connectivity index (χ2v) is 9.46. The molecule has 0 saturated carbocycles. The number of aliphatic hydroxyl groups is 1. The van der Waals surface area contributed by atoms with Crippen molar-refractivity contribution in [3.63, 3.8) is 0 Å². The molecule has 2 aromatic carbocycles. The second kappa shape index (κ2) is 16.2. The Labute approximate surface area is 228 Å². The predicted molar refractivity (Wildman–Crippen MR) is 146 cm³/mol. The van der Waals surface area contributed by atoms with E-state index in [-0.39, 0.29) is 19.3 Å². The zero-order valence-corrected chi connectivity index (χ0v) is 22.1. The number of aliphatic carboxylic acids is 1. The topological polar surface area (TPSA) is 197 Å². The molecule has 0 fully saturated rings. The summed E-state index contributed by atoms with van der Waals surface area (Å²) in [5.41, 5.74) is 13.1. The van der Waals surface area contributed by atoms with Crippen molar-refractivity contribution in [2.75, 3.05) is 6.54 Å². The zero-order chi connectivity index (χ0) is 28.8. The van der Waals surface area contributed by atoms with E-state index in [4.69, 9.17) is 11.5 Å². The Kier molecular flexibility index (Phi) is 13.1. The van der Waals surface area contributed by atoms with E-state index in [0.29, 0.717) is 19.4 Å². The number of hydrogen-bond acceptors (Lipinski definition) is 7. The maximum atomic E-state index is 13.2. The van der Waals surface area contributed by atoms with Crippen LogP contribution in [0.1, 0.15) is 37.3 Å². The van der Waals surface area contributed by atoms with Crippen LogP contribution in [0.5, 0.6) is 0 Å². The van der Waals surface area contributed by atoms with E-state index in [9.17, 15) is 29.4 Å². The van der Waals surface area contributed by atoms with Gasteiger partial charge in [0.15, 0.2) is 0 Å². The Morgan fingerprint density at radius 2 is 1.31 bits per heavy atom. The Bertz CT molecular complexity index is 1070. The summed E-state index contributed by atoms with van der Waals surface area (Å²) in [6.45, 7) is 1.73. The van der Waals surface area contributed by atoms with Crippen LogP contribution in [0, 0.1) is 0 Å². The number of amides is 3. The van der Waals surface area contributed by atoms with Gasteiger partial charge in [-0.1, -0.05) is 60.7 Å². The van der Waals surface area contributed by atoms with Gasteiger partial charge in [0, 0.05) is 6.42 Å². The highest BCUT2D eigenvalue weighted by Crippen LogP contribution is 2.08. The van der Waals surface area contributed by atoms with Crippen LogP contribution in [0.3, 0.4) is 0 Å². The number of carboxylic acids is 1. The van der Waals surface area contributed by atoms with Crippen LogP contribution in [-0.2, 0) is 32.0 Å². The van der Waals surface area contributed by atoms with E-state index in [1.54, 1.807) is 30.3 Å². The third kappa shape index (κ3) is 10.8. The highest BCUT2D eigenvalue weighted by Gasteiger charge is 2.32. The highest BCUT2D eigenvalue weighted by atomic mass is 16.4. The van der Waals surface area contributed by atoms with Gasteiger partial charge in [0.25, 0.3) is 0 Å². The van der Waals surface area contributed by atoms with E-state index in [1.165, 1.54) is 6.92 Å².